The van der Waals surface area contributed by atoms with Crippen LogP contribution in [0, 0.1) is 10.1 Å². The fourth-order valence-electron chi connectivity index (χ4n) is 3.54. The maximum Gasteiger partial charge on any atom is 0.293 e. The van der Waals surface area contributed by atoms with Crippen LogP contribution in [0.1, 0.15) is 27.5 Å². The Hall–Kier alpha value is -3.91. The predicted octanol–water partition coefficient (Wildman–Crippen LogP) is 4.28. The number of carbonyl (C=O) groups excluding carboxylic acids is 1. The summed E-state index contributed by atoms with van der Waals surface area (Å²) in [7, 11) is 1.55. The Bertz CT molecular complexity index is 1090. The van der Waals surface area contributed by atoms with Gasteiger partial charge in [0.05, 0.1) is 17.6 Å². The highest BCUT2D eigenvalue weighted by atomic mass is 16.6. The number of hydrogen-bond donors (Lipinski definition) is 2. The molecule has 0 aliphatic carbocycles. The minimum absolute atomic E-state index is 0.170. The van der Waals surface area contributed by atoms with Gasteiger partial charge in [-0.2, -0.15) is 0 Å². The molecule has 1 amide bonds. The lowest BCUT2D eigenvalue weighted by molar-refractivity contribution is -0.384. The molecule has 0 saturated heterocycles. The van der Waals surface area contributed by atoms with E-state index in [4.69, 9.17) is 9.47 Å². The first-order valence-electron chi connectivity index (χ1n) is 9.76. The molecule has 0 radical (unpaired) electrons. The van der Waals surface area contributed by atoms with Gasteiger partial charge in [0.25, 0.3) is 11.6 Å². The monoisotopic (exact) mass is 419 g/mol. The van der Waals surface area contributed by atoms with Crippen molar-refractivity contribution in [3.8, 4) is 11.5 Å². The standard InChI is InChI=1S/C23H21N3O5/c1-30-13-12-24-18-11-10-15(14-19(18)26(28)29)23(27)25-22-16-6-2-4-8-20(16)31-21-9-5-3-7-17(21)22/h2-11,14,22,24H,12-13H2,1H3,(H,25,27). The van der Waals surface area contributed by atoms with Crippen LogP contribution in [0.5, 0.6) is 11.5 Å². The van der Waals surface area contributed by atoms with Gasteiger partial charge in [-0.25, -0.2) is 0 Å². The molecule has 158 valence electrons. The summed E-state index contributed by atoms with van der Waals surface area (Å²) < 4.78 is 10.9. The average molecular weight is 419 g/mol. The molecule has 4 rings (SSSR count). The number of nitrogens with one attached hydrogen (secondary N) is 2. The van der Waals surface area contributed by atoms with E-state index < -0.39 is 16.9 Å². The Morgan fingerprint density at radius 3 is 2.32 bits per heavy atom. The zero-order valence-electron chi connectivity index (χ0n) is 16.8. The minimum Gasteiger partial charge on any atom is -0.457 e. The Kier molecular flexibility index (Phi) is 5.81. The molecule has 8 heteroatoms. The highest BCUT2D eigenvalue weighted by Gasteiger charge is 2.29. The number of rotatable bonds is 7. The van der Waals surface area contributed by atoms with Crippen LogP contribution in [0.15, 0.2) is 66.7 Å². The number of benzene rings is 3. The van der Waals surface area contributed by atoms with Crippen molar-refractivity contribution in [1.29, 1.82) is 0 Å². The first kappa shape index (κ1) is 20.4. The Balaban J connectivity index is 1.63. The third kappa shape index (κ3) is 4.19. The van der Waals surface area contributed by atoms with Crippen LogP contribution in [0.2, 0.25) is 0 Å². The lowest BCUT2D eigenvalue weighted by Gasteiger charge is -2.28. The van der Waals surface area contributed by atoms with E-state index in [0.717, 1.165) is 11.1 Å². The van der Waals surface area contributed by atoms with Crippen LogP contribution < -0.4 is 15.4 Å². The molecule has 1 heterocycles. The largest absolute Gasteiger partial charge is 0.457 e. The van der Waals surface area contributed by atoms with E-state index in [2.05, 4.69) is 10.6 Å². The number of ether oxygens (including phenoxy) is 2. The summed E-state index contributed by atoms with van der Waals surface area (Å²) in [4.78, 5) is 24.1. The van der Waals surface area contributed by atoms with Gasteiger partial charge in [0, 0.05) is 36.4 Å². The molecule has 0 saturated carbocycles. The molecule has 0 atom stereocenters. The molecule has 2 N–H and O–H groups in total. The van der Waals surface area contributed by atoms with Crippen molar-refractivity contribution in [2.45, 2.75) is 6.04 Å². The summed E-state index contributed by atoms with van der Waals surface area (Å²) in [6.07, 6.45) is 0. The Labute approximate surface area is 179 Å². The lowest BCUT2D eigenvalue weighted by Crippen LogP contribution is -2.31. The second kappa shape index (κ2) is 8.85. The maximum absolute atomic E-state index is 13.1. The van der Waals surface area contributed by atoms with Crippen molar-refractivity contribution < 1.29 is 19.2 Å². The normalized spacial score (nSPS) is 12.3. The molecule has 3 aromatic carbocycles. The molecule has 31 heavy (non-hydrogen) atoms. The summed E-state index contributed by atoms with van der Waals surface area (Å²) >= 11 is 0. The van der Waals surface area contributed by atoms with E-state index in [9.17, 15) is 14.9 Å². The van der Waals surface area contributed by atoms with Gasteiger partial charge < -0.3 is 20.1 Å². The second-order valence-electron chi connectivity index (χ2n) is 6.99. The number of nitro groups is 1. The quantitative estimate of drug-likeness (QED) is 0.337. The van der Waals surface area contributed by atoms with Crippen molar-refractivity contribution in [2.75, 3.05) is 25.6 Å². The molecule has 0 fully saturated rings. The molecule has 8 nitrogen and oxygen atoms in total. The number of amides is 1. The fraction of sp³-hybridized carbons (Fsp3) is 0.174. The summed E-state index contributed by atoms with van der Waals surface area (Å²) in [6.45, 7) is 0.820. The third-order valence-corrected chi connectivity index (χ3v) is 5.03. The smallest absolute Gasteiger partial charge is 0.293 e. The number of nitrogens with zero attached hydrogens (tertiary/aromatic N) is 1. The van der Waals surface area contributed by atoms with Crippen molar-refractivity contribution in [3.05, 3.63) is 93.5 Å². The van der Waals surface area contributed by atoms with Crippen LogP contribution in [0.4, 0.5) is 11.4 Å². The third-order valence-electron chi connectivity index (χ3n) is 5.03. The fourth-order valence-corrected chi connectivity index (χ4v) is 3.54. The highest BCUT2D eigenvalue weighted by molar-refractivity contribution is 5.96. The number of nitro benzene ring substituents is 1. The number of para-hydroxylation sites is 2. The minimum atomic E-state index is -0.509. The van der Waals surface area contributed by atoms with E-state index >= 15 is 0 Å². The molecule has 0 unspecified atom stereocenters. The average Bonchev–Trinajstić information content (AvgIpc) is 2.79. The molecule has 1 aliphatic rings. The van der Waals surface area contributed by atoms with Crippen molar-refractivity contribution in [3.63, 3.8) is 0 Å². The van der Waals surface area contributed by atoms with E-state index in [1.54, 1.807) is 13.2 Å². The van der Waals surface area contributed by atoms with Crippen LogP contribution in [0.25, 0.3) is 0 Å². The van der Waals surface area contributed by atoms with Gasteiger partial charge in [-0.15, -0.1) is 0 Å². The van der Waals surface area contributed by atoms with E-state index in [1.165, 1.54) is 12.1 Å². The topological polar surface area (TPSA) is 103 Å². The number of anilines is 1. The predicted molar refractivity (Wildman–Crippen MR) is 116 cm³/mol. The number of carbonyl (C=O) groups is 1. The number of fused-ring (bicyclic) bond motifs is 2. The van der Waals surface area contributed by atoms with Gasteiger partial charge >= 0.3 is 0 Å². The Morgan fingerprint density at radius 1 is 1.06 bits per heavy atom. The van der Waals surface area contributed by atoms with Crippen LogP contribution in [0.3, 0.4) is 0 Å². The Morgan fingerprint density at radius 2 is 1.71 bits per heavy atom. The maximum atomic E-state index is 13.1. The summed E-state index contributed by atoms with van der Waals surface area (Å²) in [6, 6.07) is 18.9. The van der Waals surface area contributed by atoms with Crippen molar-refractivity contribution in [1.82, 2.24) is 5.32 Å². The highest BCUT2D eigenvalue weighted by Crippen LogP contribution is 2.42. The van der Waals surface area contributed by atoms with Crippen LogP contribution in [-0.2, 0) is 4.74 Å². The molecule has 3 aromatic rings. The van der Waals surface area contributed by atoms with Gasteiger partial charge in [-0.05, 0) is 24.3 Å². The first-order valence-corrected chi connectivity index (χ1v) is 9.76. The van der Waals surface area contributed by atoms with Gasteiger partial charge in [0.1, 0.15) is 17.2 Å². The summed E-state index contributed by atoms with van der Waals surface area (Å²) in [5, 5.41) is 17.5. The zero-order chi connectivity index (χ0) is 21.8. The SMILES string of the molecule is COCCNc1ccc(C(=O)NC2c3ccccc3Oc3ccccc32)cc1[N+](=O)[O-]. The molecule has 0 spiro atoms. The van der Waals surface area contributed by atoms with Crippen LogP contribution in [-0.4, -0.2) is 31.1 Å². The molecular formula is C23H21N3O5. The van der Waals surface area contributed by atoms with Crippen molar-refractivity contribution in [2.24, 2.45) is 0 Å². The molecular weight excluding hydrogens is 398 g/mol. The lowest BCUT2D eigenvalue weighted by atomic mass is 9.94. The second-order valence-corrected chi connectivity index (χ2v) is 6.99. The number of methoxy groups -OCH3 is 1. The first-order chi connectivity index (χ1) is 15.1. The van der Waals surface area contributed by atoms with E-state index in [1.807, 2.05) is 48.5 Å². The van der Waals surface area contributed by atoms with Gasteiger partial charge in [0.2, 0.25) is 0 Å². The summed E-state index contributed by atoms with van der Waals surface area (Å²) in [5.41, 5.74) is 2.01. The van der Waals surface area contributed by atoms with E-state index in [0.29, 0.717) is 30.3 Å². The van der Waals surface area contributed by atoms with Crippen LogP contribution >= 0.6 is 0 Å². The van der Waals surface area contributed by atoms with Gasteiger partial charge in [-0.1, -0.05) is 36.4 Å². The van der Waals surface area contributed by atoms with Gasteiger partial charge in [-0.3, -0.25) is 14.9 Å². The molecule has 1 aliphatic heterocycles. The number of hydrogen-bond acceptors (Lipinski definition) is 6. The van der Waals surface area contributed by atoms with E-state index in [-0.39, 0.29) is 11.3 Å². The van der Waals surface area contributed by atoms with Gasteiger partial charge in [0.15, 0.2) is 0 Å². The molecule has 0 bridgehead atoms. The molecule has 0 aromatic heterocycles. The zero-order valence-corrected chi connectivity index (χ0v) is 16.8. The van der Waals surface area contributed by atoms with Crippen molar-refractivity contribution >= 4 is 17.3 Å². The summed E-state index contributed by atoms with van der Waals surface area (Å²) in [5.74, 6) is 0.911.